The summed E-state index contributed by atoms with van der Waals surface area (Å²) < 4.78 is 7.68. The molecule has 5 aromatic rings. The fourth-order valence-electron chi connectivity index (χ4n) is 3.18. The van der Waals surface area contributed by atoms with Gasteiger partial charge in [0.25, 0.3) is 0 Å². The third kappa shape index (κ3) is 3.25. The molecule has 0 unspecified atom stereocenters. The maximum absolute atomic E-state index is 5.96. The minimum absolute atomic E-state index is 0.553. The fraction of sp³-hybridized carbons (Fsp3) is 0.0435. The maximum Gasteiger partial charge on any atom is 0.229 e. The second-order valence-electron chi connectivity index (χ2n) is 6.55. The highest BCUT2D eigenvalue weighted by molar-refractivity contribution is 5.83. The van der Waals surface area contributed by atoms with Crippen molar-refractivity contribution in [2.75, 3.05) is 0 Å². The Kier molecular flexibility index (Phi) is 4.10. The van der Waals surface area contributed by atoms with E-state index in [1.165, 1.54) is 0 Å². The number of nitrogens with zero attached hydrogens (tertiary/aromatic N) is 3. The number of nitrogens with one attached hydrogen (secondary N) is 1. The predicted octanol–water partition coefficient (Wildman–Crippen LogP) is 4.99. The summed E-state index contributed by atoms with van der Waals surface area (Å²) in [7, 11) is 0. The lowest BCUT2D eigenvalue weighted by molar-refractivity contribution is 0.306. The van der Waals surface area contributed by atoms with Crippen molar-refractivity contribution in [2.24, 2.45) is 0 Å². The Morgan fingerprint density at radius 1 is 0.857 bits per heavy atom. The molecule has 0 saturated heterocycles. The number of imidazole rings is 1. The molecule has 0 aliphatic rings. The summed E-state index contributed by atoms with van der Waals surface area (Å²) >= 11 is 0. The Labute approximate surface area is 162 Å². The average molecular weight is 366 g/mol. The molecule has 1 N–H and O–H groups in total. The van der Waals surface area contributed by atoms with Gasteiger partial charge in [-0.2, -0.15) is 5.10 Å². The van der Waals surface area contributed by atoms with Gasteiger partial charge in [-0.1, -0.05) is 48.5 Å². The summed E-state index contributed by atoms with van der Waals surface area (Å²) in [6, 6.07) is 26.4. The largest absolute Gasteiger partial charge is 0.489 e. The SMILES string of the molecule is c1ccc(COc2cccc(-c3ccc4nc(-n5cccn5)[nH]c4c3)c2)cc1. The van der Waals surface area contributed by atoms with Crippen LogP contribution in [0.25, 0.3) is 28.1 Å². The molecule has 0 bridgehead atoms. The van der Waals surface area contributed by atoms with E-state index < -0.39 is 0 Å². The second-order valence-corrected chi connectivity index (χ2v) is 6.55. The topological polar surface area (TPSA) is 55.7 Å². The maximum atomic E-state index is 5.96. The van der Waals surface area contributed by atoms with Crippen LogP contribution in [-0.4, -0.2) is 19.7 Å². The van der Waals surface area contributed by atoms with Crippen molar-refractivity contribution >= 4 is 11.0 Å². The lowest BCUT2D eigenvalue weighted by Gasteiger charge is -2.08. The van der Waals surface area contributed by atoms with Gasteiger partial charge < -0.3 is 9.72 Å². The monoisotopic (exact) mass is 366 g/mol. The highest BCUT2D eigenvalue weighted by Crippen LogP contribution is 2.27. The molecule has 0 saturated carbocycles. The van der Waals surface area contributed by atoms with Crippen molar-refractivity contribution < 1.29 is 4.74 Å². The number of hydrogen-bond donors (Lipinski definition) is 1. The zero-order valence-electron chi connectivity index (χ0n) is 15.1. The normalized spacial score (nSPS) is 11.0. The molecular formula is C23H18N4O. The van der Waals surface area contributed by atoms with Gasteiger partial charge in [0, 0.05) is 12.4 Å². The van der Waals surface area contributed by atoms with Crippen molar-refractivity contribution in [1.82, 2.24) is 19.7 Å². The quantitative estimate of drug-likeness (QED) is 0.476. The second kappa shape index (κ2) is 7.04. The highest BCUT2D eigenvalue weighted by atomic mass is 16.5. The van der Waals surface area contributed by atoms with Crippen molar-refractivity contribution in [3.05, 3.63) is 96.8 Å². The van der Waals surface area contributed by atoms with E-state index >= 15 is 0 Å². The van der Waals surface area contributed by atoms with Gasteiger partial charge in [0.1, 0.15) is 12.4 Å². The molecule has 0 fully saturated rings. The fourth-order valence-corrected chi connectivity index (χ4v) is 3.18. The van der Waals surface area contributed by atoms with E-state index in [2.05, 4.69) is 51.5 Å². The van der Waals surface area contributed by atoms with Crippen LogP contribution in [-0.2, 0) is 6.61 Å². The van der Waals surface area contributed by atoms with Crippen LogP contribution >= 0.6 is 0 Å². The zero-order chi connectivity index (χ0) is 18.8. The minimum atomic E-state index is 0.553. The van der Waals surface area contributed by atoms with E-state index in [0.717, 1.165) is 33.5 Å². The molecule has 5 heteroatoms. The molecule has 3 aromatic carbocycles. The smallest absolute Gasteiger partial charge is 0.229 e. The van der Waals surface area contributed by atoms with E-state index in [4.69, 9.17) is 4.74 Å². The molecule has 0 aliphatic heterocycles. The molecule has 0 spiro atoms. The van der Waals surface area contributed by atoms with Crippen LogP contribution in [0.15, 0.2) is 91.3 Å². The summed E-state index contributed by atoms with van der Waals surface area (Å²) in [5.41, 5.74) is 5.23. The molecule has 136 valence electrons. The summed E-state index contributed by atoms with van der Waals surface area (Å²) in [6.45, 7) is 0.553. The van der Waals surface area contributed by atoms with Gasteiger partial charge in [0.05, 0.1) is 11.0 Å². The predicted molar refractivity (Wildman–Crippen MR) is 109 cm³/mol. The Balaban J connectivity index is 1.41. The first-order valence-corrected chi connectivity index (χ1v) is 9.12. The number of aromatic amines is 1. The molecule has 0 atom stereocenters. The van der Waals surface area contributed by atoms with Crippen LogP contribution in [0.2, 0.25) is 0 Å². The number of aromatic nitrogens is 4. The van der Waals surface area contributed by atoms with Gasteiger partial charge in [0.2, 0.25) is 5.95 Å². The third-order valence-corrected chi connectivity index (χ3v) is 4.61. The summed E-state index contributed by atoms with van der Waals surface area (Å²) in [4.78, 5) is 7.92. The first-order valence-electron chi connectivity index (χ1n) is 9.12. The number of hydrogen-bond acceptors (Lipinski definition) is 3. The molecule has 0 radical (unpaired) electrons. The number of fused-ring (bicyclic) bond motifs is 1. The van der Waals surface area contributed by atoms with Crippen LogP contribution in [0.1, 0.15) is 5.56 Å². The molecule has 28 heavy (non-hydrogen) atoms. The Hall–Kier alpha value is -3.86. The molecule has 0 amide bonds. The molecule has 0 aliphatic carbocycles. The molecule has 5 nitrogen and oxygen atoms in total. The Bertz CT molecular complexity index is 1210. The summed E-state index contributed by atoms with van der Waals surface area (Å²) in [6.07, 6.45) is 3.60. The van der Waals surface area contributed by atoms with E-state index in [1.54, 1.807) is 10.9 Å². The lowest BCUT2D eigenvalue weighted by Crippen LogP contribution is -1.95. The summed E-state index contributed by atoms with van der Waals surface area (Å²) in [5.74, 6) is 1.56. The first-order chi connectivity index (χ1) is 13.8. The van der Waals surface area contributed by atoms with Gasteiger partial charge >= 0.3 is 0 Å². The van der Waals surface area contributed by atoms with Gasteiger partial charge in [-0.3, -0.25) is 0 Å². The van der Waals surface area contributed by atoms with E-state index in [0.29, 0.717) is 12.6 Å². The summed E-state index contributed by atoms with van der Waals surface area (Å²) in [5, 5.41) is 4.23. The van der Waals surface area contributed by atoms with Crippen molar-refractivity contribution in [1.29, 1.82) is 0 Å². The molecule has 2 aromatic heterocycles. The van der Waals surface area contributed by atoms with Gasteiger partial charge in [-0.15, -0.1) is 0 Å². The average Bonchev–Trinajstić information content (AvgIpc) is 3.42. The Morgan fingerprint density at radius 3 is 2.61 bits per heavy atom. The van der Waals surface area contributed by atoms with Gasteiger partial charge in [-0.25, -0.2) is 9.67 Å². The third-order valence-electron chi connectivity index (χ3n) is 4.61. The van der Waals surface area contributed by atoms with Crippen LogP contribution in [0.4, 0.5) is 0 Å². The highest BCUT2D eigenvalue weighted by Gasteiger charge is 2.07. The standard InChI is InChI=1S/C23H18N4O/c1-2-6-17(7-3-1)16-28-20-9-4-8-18(14-20)19-10-11-21-22(15-19)26-23(25-21)27-13-5-12-24-27/h1-15H,16H2,(H,25,26). The van der Waals surface area contributed by atoms with Crippen LogP contribution < -0.4 is 4.74 Å². The van der Waals surface area contributed by atoms with Crippen LogP contribution in [0, 0.1) is 0 Å². The van der Waals surface area contributed by atoms with Crippen LogP contribution in [0.5, 0.6) is 5.75 Å². The molecule has 2 heterocycles. The first kappa shape index (κ1) is 16.3. The van der Waals surface area contributed by atoms with E-state index in [1.807, 2.05) is 48.7 Å². The zero-order valence-corrected chi connectivity index (χ0v) is 15.1. The molecular weight excluding hydrogens is 348 g/mol. The number of ether oxygens (including phenoxy) is 1. The van der Waals surface area contributed by atoms with Crippen molar-refractivity contribution in [3.63, 3.8) is 0 Å². The van der Waals surface area contributed by atoms with Gasteiger partial charge in [-0.05, 0) is 47.0 Å². The lowest BCUT2D eigenvalue weighted by atomic mass is 10.0. The minimum Gasteiger partial charge on any atom is -0.489 e. The van der Waals surface area contributed by atoms with Crippen molar-refractivity contribution in [2.45, 2.75) is 6.61 Å². The Morgan fingerprint density at radius 2 is 1.75 bits per heavy atom. The van der Waals surface area contributed by atoms with Crippen molar-refractivity contribution in [3.8, 4) is 22.8 Å². The van der Waals surface area contributed by atoms with Gasteiger partial charge in [0.15, 0.2) is 0 Å². The van der Waals surface area contributed by atoms with E-state index in [-0.39, 0.29) is 0 Å². The van der Waals surface area contributed by atoms with E-state index in [9.17, 15) is 0 Å². The number of H-pyrrole nitrogens is 1. The molecule has 5 rings (SSSR count). The number of benzene rings is 3. The van der Waals surface area contributed by atoms with Crippen LogP contribution in [0.3, 0.4) is 0 Å². The number of rotatable bonds is 5.